The van der Waals surface area contributed by atoms with E-state index in [2.05, 4.69) is 40.7 Å². The van der Waals surface area contributed by atoms with Gasteiger partial charge in [-0.2, -0.15) is 0 Å². The highest BCUT2D eigenvalue weighted by Crippen LogP contribution is 2.62. The van der Waals surface area contributed by atoms with E-state index in [-0.39, 0.29) is 0 Å². The smallest absolute Gasteiger partial charge is 0.0657 e. The predicted molar refractivity (Wildman–Crippen MR) is 136 cm³/mol. The lowest BCUT2D eigenvalue weighted by atomic mass is 9.56. The summed E-state index contributed by atoms with van der Waals surface area (Å²) in [4.78, 5) is 0. The van der Waals surface area contributed by atoms with Gasteiger partial charge in [0.2, 0.25) is 0 Å². The van der Waals surface area contributed by atoms with E-state index >= 15 is 0 Å². The summed E-state index contributed by atoms with van der Waals surface area (Å²) in [5.41, 5.74) is 0.991. The summed E-state index contributed by atoms with van der Waals surface area (Å²) in [7, 11) is 0. The molecule has 0 bridgehead atoms. The molecule has 0 aromatic rings. The Morgan fingerprint density at radius 3 is 2.50 bits per heavy atom. The Labute approximate surface area is 199 Å². The first-order valence-electron chi connectivity index (χ1n) is 14.0. The first kappa shape index (κ1) is 26.3. The van der Waals surface area contributed by atoms with Crippen molar-refractivity contribution in [2.24, 2.45) is 40.9 Å². The summed E-state index contributed by atoms with van der Waals surface area (Å²) in [5, 5.41) is 21.3. The zero-order chi connectivity index (χ0) is 23.7. The third-order valence-electron chi connectivity index (χ3n) is 10.5. The minimum absolute atomic E-state index is 0.468. The second-order valence-corrected chi connectivity index (χ2v) is 13.4. The first-order valence-corrected chi connectivity index (χ1v) is 14.0. The quantitative estimate of drug-likeness (QED) is 0.372. The van der Waals surface area contributed by atoms with Crippen LogP contribution in [0.1, 0.15) is 126 Å². The molecular formula is C30H54O2. The standard InChI is InChI=1S/C30H54O2/c1-8-16-28(5,31)17-14-23(4)26-11-12-27-25(22(3)15-19-30(26,27)7)10-9-24-20-29(6,32)18-13-21(24)2/h9,21-23,25-27,31-32H,8,10-20H2,1-7H3/b24-9-/t21?,22-,23+,25+,26+,27-,28?,29-,30+/m0/s1. The summed E-state index contributed by atoms with van der Waals surface area (Å²) < 4.78 is 0. The molecule has 0 aromatic heterocycles. The van der Waals surface area contributed by atoms with Gasteiger partial charge >= 0.3 is 0 Å². The van der Waals surface area contributed by atoms with Crippen molar-refractivity contribution < 1.29 is 10.2 Å². The molecule has 3 fully saturated rings. The molecule has 0 aliphatic heterocycles. The minimum Gasteiger partial charge on any atom is -0.390 e. The maximum absolute atomic E-state index is 10.7. The van der Waals surface area contributed by atoms with Gasteiger partial charge in [0.15, 0.2) is 0 Å². The molecule has 0 saturated heterocycles. The first-order chi connectivity index (χ1) is 14.9. The van der Waals surface area contributed by atoms with Gasteiger partial charge in [-0.1, -0.05) is 52.7 Å². The van der Waals surface area contributed by atoms with Crippen molar-refractivity contribution in [3.05, 3.63) is 11.6 Å². The van der Waals surface area contributed by atoms with Gasteiger partial charge in [0, 0.05) is 0 Å². The van der Waals surface area contributed by atoms with Crippen LogP contribution in [0.25, 0.3) is 0 Å². The van der Waals surface area contributed by atoms with E-state index in [1.807, 2.05) is 13.8 Å². The fourth-order valence-corrected chi connectivity index (χ4v) is 8.23. The lowest BCUT2D eigenvalue weighted by molar-refractivity contribution is -0.00775. The molecule has 2 heteroatoms. The monoisotopic (exact) mass is 446 g/mol. The van der Waals surface area contributed by atoms with Crippen LogP contribution in [0, 0.1) is 40.9 Å². The van der Waals surface area contributed by atoms with Gasteiger partial charge in [-0.25, -0.2) is 0 Å². The summed E-state index contributed by atoms with van der Waals surface area (Å²) >= 11 is 0. The Hall–Kier alpha value is -0.340. The molecule has 3 aliphatic rings. The highest BCUT2D eigenvalue weighted by atomic mass is 16.3. The van der Waals surface area contributed by atoms with Gasteiger partial charge in [-0.05, 0) is 125 Å². The highest BCUT2D eigenvalue weighted by Gasteiger charge is 2.53. The Morgan fingerprint density at radius 1 is 1.09 bits per heavy atom. The molecule has 0 heterocycles. The average Bonchev–Trinajstić information content (AvgIpc) is 3.05. The molecule has 3 saturated carbocycles. The molecule has 2 nitrogen and oxygen atoms in total. The normalized spacial score (nSPS) is 44.3. The topological polar surface area (TPSA) is 40.5 Å². The molecular weight excluding hydrogens is 392 g/mol. The van der Waals surface area contributed by atoms with Gasteiger partial charge in [0.25, 0.3) is 0 Å². The lowest BCUT2D eigenvalue weighted by Crippen LogP contribution is -2.42. The van der Waals surface area contributed by atoms with E-state index in [0.717, 1.165) is 68.6 Å². The van der Waals surface area contributed by atoms with Crippen LogP contribution in [0.4, 0.5) is 0 Å². The molecule has 3 rings (SSSR count). The summed E-state index contributed by atoms with van der Waals surface area (Å²) in [5.74, 6) is 4.58. The van der Waals surface area contributed by atoms with Crippen molar-refractivity contribution in [3.8, 4) is 0 Å². The number of hydrogen-bond acceptors (Lipinski definition) is 2. The summed E-state index contributed by atoms with van der Waals surface area (Å²) in [6, 6.07) is 0. The van der Waals surface area contributed by atoms with Crippen LogP contribution in [0.2, 0.25) is 0 Å². The molecule has 32 heavy (non-hydrogen) atoms. The molecule has 186 valence electrons. The third kappa shape index (κ3) is 5.83. The predicted octanol–water partition coefficient (Wildman–Crippen LogP) is 7.92. The van der Waals surface area contributed by atoms with Crippen molar-refractivity contribution in [1.82, 2.24) is 0 Å². The maximum atomic E-state index is 10.7. The third-order valence-corrected chi connectivity index (χ3v) is 10.5. The van der Waals surface area contributed by atoms with Gasteiger partial charge in [-0.3, -0.25) is 0 Å². The SMILES string of the molecule is CCCC(C)(O)CC[C@@H](C)[C@H]1CC[C@H]2[C@H](C/C=C3/C[C@@](C)(O)CCC3C)[C@@H](C)CC[C@]12C. The second kappa shape index (κ2) is 10.1. The van der Waals surface area contributed by atoms with Crippen LogP contribution >= 0.6 is 0 Å². The van der Waals surface area contributed by atoms with Crippen molar-refractivity contribution in [2.45, 2.75) is 137 Å². The Morgan fingerprint density at radius 2 is 1.81 bits per heavy atom. The molecule has 2 N–H and O–H groups in total. The van der Waals surface area contributed by atoms with E-state index < -0.39 is 11.2 Å². The van der Waals surface area contributed by atoms with E-state index in [0.29, 0.717) is 17.3 Å². The maximum Gasteiger partial charge on any atom is 0.0657 e. The van der Waals surface area contributed by atoms with Crippen LogP contribution in [0.5, 0.6) is 0 Å². The van der Waals surface area contributed by atoms with Crippen LogP contribution in [-0.2, 0) is 0 Å². The molecule has 2 unspecified atom stereocenters. The molecule has 3 aliphatic carbocycles. The highest BCUT2D eigenvalue weighted by molar-refractivity contribution is 5.14. The van der Waals surface area contributed by atoms with Crippen LogP contribution < -0.4 is 0 Å². The van der Waals surface area contributed by atoms with Gasteiger partial charge in [0.1, 0.15) is 0 Å². The van der Waals surface area contributed by atoms with E-state index in [4.69, 9.17) is 0 Å². The average molecular weight is 447 g/mol. The Balaban J connectivity index is 1.68. The number of rotatable bonds is 8. The molecule has 9 atom stereocenters. The molecule has 0 amide bonds. The Kier molecular flexibility index (Phi) is 8.30. The van der Waals surface area contributed by atoms with Crippen molar-refractivity contribution >= 4 is 0 Å². The van der Waals surface area contributed by atoms with Crippen LogP contribution in [-0.4, -0.2) is 21.4 Å². The summed E-state index contributed by atoms with van der Waals surface area (Å²) in [6.45, 7) is 16.2. The number of allylic oxidation sites excluding steroid dienone is 1. The number of aliphatic hydroxyl groups is 2. The van der Waals surface area contributed by atoms with Gasteiger partial charge in [0.05, 0.1) is 11.2 Å². The molecule has 0 aromatic carbocycles. The van der Waals surface area contributed by atoms with Crippen LogP contribution in [0.3, 0.4) is 0 Å². The second-order valence-electron chi connectivity index (χ2n) is 13.4. The Bertz CT molecular complexity index is 647. The van der Waals surface area contributed by atoms with E-state index in [1.165, 1.54) is 37.7 Å². The van der Waals surface area contributed by atoms with Crippen molar-refractivity contribution in [3.63, 3.8) is 0 Å². The van der Waals surface area contributed by atoms with Gasteiger partial charge < -0.3 is 10.2 Å². The largest absolute Gasteiger partial charge is 0.390 e. The zero-order valence-electron chi connectivity index (χ0n) is 22.4. The zero-order valence-corrected chi connectivity index (χ0v) is 22.4. The van der Waals surface area contributed by atoms with E-state index in [1.54, 1.807) is 0 Å². The van der Waals surface area contributed by atoms with Crippen molar-refractivity contribution in [1.29, 1.82) is 0 Å². The minimum atomic E-state index is -0.502. The number of hydrogen-bond donors (Lipinski definition) is 2. The lowest BCUT2D eigenvalue weighted by Gasteiger charge is -2.49. The molecule has 0 radical (unpaired) electrons. The fraction of sp³-hybridized carbons (Fsp3) is 0.933. The summed E-state index contributed by atoms with van der Waals surface area (Å²) in [6.07, 6.45) is 16.3. The number of fused-ring (bicyclic) bond motifs is 1. The molecule has 0 spiro atoms. The fourth-order valence-electron chi connectivity index (χ4n) is 8.23. The van der Waals surface area contributed by atoms with Crippen LogP contribution in [0.15, 0.2) is 11.6 Å². The van der Waals surface area contributed by atoms with Gasteiger partial charge in [-0.15, -0.1) is 0 Å². The van der Waals surface area contributed by atoms with E-state index in [9.17, 15) is 10.2 Å². The van der Waals surface area contributed by atoms with Crippen molar-refractivity contribution in [2.75, 3.05) is 0 Å².